The molecule has 0 unspecified atom stereocenters. The lowest BCUT2D eigenvalue weighted by Gasteiger charge is -2.12. The average Bonchev–Trinajstić information content (AvgIpc) is 4.18. The second-order valence-electron chi connectivity index (χ2n) is 19.0. The molecule has 6 heterocycles. The third-order valence-electron chi connectivity index (χ3n) is 14.7. The van der Waals surface area contributed by atoms with Gasteiger partial charge in [0.25, 0.3) is 0 Å². The van der Waals surface area contributed by atoms with Crippen molar-refractivity contribution in [2.75, 3.05) is 0 Å². The fraction of sp³-hybridized carbons (Fsp3) is 0. The van der Waals surface area contributed by atoms with Crippen LogP contribution in [-0.4, -0.2) is 38.6 Å². The standard InChI is InChI=1S/C67H42N8/c1-3-13-43(14-4-1)65-70-66(44-15-5-2-6-16-44)72-67(71-65)45-23-27-50(28-24-45)73-63-33-29-51(74-59-21-9-7-19-53(59)55-37-46(25-31-61(55)74)48-17-11-35-68-41-48)39-57(63)58-40-52(30-34-64(58)73)75-60-22-10-8-20-54(60)56-38-47(26-32-62(56)75)49-18-12-36-69-42-49/h1-42H. The van der Waals surface area contributed by atoms with Gasteiger partial charge in [0.2, 0.25) is 0 Å². The van der Waals surface area contributed by atoms with Crippen LogP contribution >= 0.6 is 0 Å². The van der Waals surface area contributed by atoms with Crippen molar-refractivity contribution in [2.24, 2.45) is 0 Å². The van der Waals surface area contributed by atoms with Crippen molar-refractivity contribution in [3.63, 3.8) is 0 Å². The second-order valence-corrected chi connectivity index (χ2v) is 19.0. The summed E-state index contributed by atoms with van der Waals surface area (Å²) in [6.45, 7) is 0. The Bertz CT molecular complexity index is 4400. The number of benzene rings is 9. The van der Waals surface area contributed by atoms with Crippen molar-refractivity contribution in [2.45, 2.75) is 0 Å². The van der Waals surface area contributed by atoms with E-state index in [9.17, 15) is 0 Å². The summed E-state index contributed by atoms with van der Waals surface area (Å²) in [4.78, 5) is 23.9. The summed E-state index contributed by atoms with van der Waals surface area (Å²) in [6.07, 6.45) is 7.51. The first-order valence-electron chi connectivity index (χ1n) is 25.1. The molecule has 0 fully saturated rings. The fourth-order valence-electron chi connectivity index (χ4n) is 11.2. The molecule has 0 saturated heterocycles. The van der Waals surface area contributed by atoms with Crippen LogP contribution in [0.25, 0.3) is 139 Å². The predicted molar refractivity (Wildman–Crippen MR) is 306 cm³/mol. The Morgan fingerprint density at radius 1 is 0.227 bits per heavy atom. The van der Waals surface area contributed by atoms with Gasteiger partial charge in [0.15, 0.2) is 17.5 Å². The van der Waals surface area contributed by atoms with E-state index in [4.69, 9.17) is 15.0 Å². The van der Waals surface area contributed by atoms with Crippen molar-refractivity contribution < 1.29 is 0 Å². The maximum atomic E-state index is 5.05. The van der Waals surface area contributed by atoms with E-state index in [1.54, 1.807) is 0 Å². The van der Waals surface area contributed by atoms with Gasteiger partial charge in [-0.15, -0.1) is 0 Å². The Kier molecular flexibility index (Phi) is 9.71. The molecule has 75 heavy (non-hydrogen) atoms. The van der Waals surface area contributed by atoms with E-state index in [0.717, 1.165) is 99.9 Å². The molecule has 0 N–H and O–H groups in total. The summed E-state index contributed by atoms with van der Waals surface area (Å²) in [5.74, 6) is 1.88. The van der Waals surface area contributed by atoms with E-state index in [-0.39, 0.29) is 0 Å². The van der Waals surface area contributed by atoms with E-state index >= 15 is 0 Å². The number of rotatable bonds is 8. The van der Waals surface area contributed by atoms with Crippen LogP contribution in [0, 0.1) is 0 Å². The van der Waals surface area contributed by atoms with Gasteiger partial charge in [0.1, 0.15) is 0 Å². The lowest BCUT2D eigenvalue weighted by Crippen LogP contribution is -2.00. The van der Waals surface area contributed by atoms with Crippen LogP contribution < -0.4 is 0 Å². The minimum absolute atomic E-state index is 0.614. The molecule has 0 bridgehead atoms. The van der Waals surface area contributed by atoms with Crippen molar-refractivity contribution >= 4 is 65.4 Å². The molecule has 0 amide bonds. The van der Waals surface area contributed by atoms with Crippen molar-refractivity contribution in [1.82, 2.24) is 38.6 Å². The zero-order chi connectivity index (χ0) is 49.4. The summed E-state index contributed by atoms with van der Waals surface area (Å²) in [5.41, 5.74) is 17.2. The number of aromatic nitrogens is 8. The zero-order valence-electron chi connectivity index (χ0n) is 40.3. The third-order valence-corrected chi connectivity index (χ3v) is 14.7. The lowest BCUT2D eigenvalue weighted by atomic mass is 10.0. The first-order chi connectivity index (χ1) is 37.2. The summed E-state index contributed by atoms with van der Waals surface area (Å²) in [7, 11) is 0. The fourth-order valence-corrected chi connectivity index (χ4v) is 11.2. The number of hydrogen-bond acceptors (Lipinski definition) is 5. The molecule has 0 radical (unpaired) electrons. The first kappa shape index (κ1) is 42.4. The maximum absolute atomic E-state index is 5.05. The van der Waals surface area contributed by atoms with E-state index < -0.39 is 0 Å². The van der Waals surface area contributed by atoms with Gasteiger partial charge < -0.3 is 13.7 Å². The molecule has 0 saturated carbocycles. The average molecular weight is 959 g/mol. The molecule has 8 heteroatoms. The number of nitrogens with zero attached hydrogens (tertiary/aromatic N) is 8. The number of para-hydroxylation sites is 2. The highest BCUT2D eigenvalue weighted by Gasteiger charge is 2.21. The van der Waals surface area contributed by atoms with E-state index in [1.807, 2.05) is 97.6 Å². The maximum Gasteiger partial charge on any atom is 0.164 e. The normalized spacial score (nSPS) is 11.7. The third kappa shape index (κ3) is 7.03. The molecular formula is C67H42N8. The van der Waals surface area contributed by atoms with Gasteiger partial charge in [0, 0.05) is 102 Å². The molecule has 0 aliphatic heterocycles. The van der Waals surface area contributed by atoms with Gasteiger partial charge in [-0.2, -0.15) is 0 Å². The monoisotopic (exact) mass is 958 g/mol. The van der Waals surface area contributed by atoms with Gasteiger partial charge >= 0.3 is 0 Å². The summed E-state index contributed by atoms with van der Waals surface area (Å²) in [5, 5.41) is 7.07. The highest BCUT2D eigenvalue weighted by Crippen LogP contribution is 2.41. The van der Waals surface area contributed by atoms with Gasteiger partial charge in [-0.25, -0.2) is 15.0 Å². The van der Waals surface area contributed by atoms with Crippen molar-refractivity contribution in [1.29, 1.82) is 0 Å². The Morgan fingerprint density at radius 2 is 0.560 bits per heavy atom. The van der Waals surface area contributed by atoms with E-state index in [1.165, 1.54) is 21.5 Å². The number of pyridine rings is 2. The molecule has 0 spiro atoms. The minimum atomic E-state index is 0.614. The minimum Gasteiger partial charge on any atom is -0.309 e. The second kappa shape index (κ2) is 17.2. The van der Waals surface area contributed by atoms with Crippen molar-refractivity contribution in [3.05, 3.63) is 255 Å². The Morgan fingerprint density at radius 3 is 1.00 bits per heavy atom. The largest absolute Gasteiger partial charge is 0.309 e. The summed E-state index contributed by atoms with van der Waals surface area (Å²) < 4.78 is 7.21. The molecule has 15 aromatic rings. The molecule has 6 aromatic heterocycles. The molecule has 9 aromatic carbocycles. The Hall–Kier alpha value is -10.3. The first-order valence-corrected chi connectivity index (χ1v) is 25.1. The molecule has 350 valence electrons. The molecule has 0 atom stereocenters. The highest BCUT2D eigenvalue weighted by molar-refractivity contribution is 6.14. The predicted octanol–water partition coefficient (Wildman–Crippen LogP) is 16.3. The SMILES string of the molecule is c1ccc(-c2nc(-c3ccccc3)nc(-c3ccc(-n4c5ccc(-n6c7ccccc7c7cc(-c8cccnc8)ccc76)cc5c5cc(-n6c7ccccc7c7cc(-c8cccnc8)ccc76)ccc54)cc3)n2)cc1. The van der Waals surface area contributed by atoms with Gasteiger partial charge in [-0.05, 0) is 120 Å². The molecule has 0 aliphatic rings. The lowest BCUT2D eigenvalue weighted by molar-refractivity contribution is 1.07. The van der Waals surface area contributed by atoms with Crippen LogP contribution in [0.1, 0.15) is 0 Å². The Balaban J connectivity index is 0.929. The van der Waals surface area contributed by atoms with E-state index in [2.05, 4.69) is 181 Å². The zero-order valence-corrected chi connectivity index (χ0v) is 40.3. The topological polar surface area (TPSA) is 79.2 Å². The van der Waals surface area contributed by atoms with Gasteiger partial charge in [-0.1, -0.05) is 121 Å². The molecule has 8 nitrogen and oxygen atoms in total. The smallest absolute Gasteiger partial charge is 0.164 e. The summed E-state index contributed by atoms with van der Waals surface area (Å²) >= 11 is 0. The molecular weight excluding hydrogens is 917 g/mol. The highest BCUT2D eigenvalue weighted by atomic mass is 15.0. The summed E-state index contributed by atoms with van der Waals surface area (Å²) in [6, 6.07) is 81.9. The van der Waals surface area contributed by atoms with Crippen LogP contribution in [0.4, 0.5) is 0 Å². The van der Waals surface area contributed by atoms with Crippen LogP contribution in [0.5, 0.6) is 0 Å². The van der Waals surface area contributed by atoms with Crippen LogP contribution in [-0.2, 0) is 0 Å². The molecule has 15 rings (SSSR count). The van der Waals surface area contributed by atoms with Gasteiger partial charge in [-0.3, -0.25) is 9.97 Å². The number of hydrogen-bond donors (Lipinski definition) is 0. The van der Waals surface area contributed by atoms with Crippen molar-refractivity contribution in [3.8, 4) is 73.5 Å². The van der Waals surface area contributed by atoms with Crippen LogP contribution in [0.2, 0.25) is 0 Å². The molecule has 0 aliphatic carbocycles. The number of fused-ring (bicyclic) bond motifs is 9. The van der Waals surface area contributed by atoms with Crippen LogP contribution in [0.3, 0.4) is 0 Å². The van der Waals surface area contributed by atoms with E-state index in [0.29, 0.717) is 17.5 Å². The Labute approximate surface area is 430 Å². The van der Waals surface area contributed by atoms with Crippen LogP contribution in [0.15, 0.2) is 255 Å². The quantitative estimate of drug-likeness (QED) is 0.152. The van der Waals surface area contributed by atoms with Gasteiger partial charge in [0.05, 0.1) is 33.1 Å².